The number of nitrogens with zero attached hydrogens (tertiary/aromatic N) is 2. The Balaban J connectivity index is 0.976. The van der Waals surface area contributed by atoms with Gasteiger partial charge in [-0.25, -0.2) is 9.97 Å². The SMILES string of the molecule is CC1(C)c2cc(-c3cccc(-c4ccc(-c5cc(-c6ccc(-c7ccccc7)cc6)nc(-c6ccccc6)n5)cc4)c3)ccc2-c2c1ccc1ccccc21. The fraction of sp³-hybridized carbons (Fsp3) is 0.0566. The summed E-state index contributed by atoms with van der Waals surface area (Å²) in [6.45, 7) is 4.72. The van der Waals surface area contributed by atoms with Crippen LogP contribution < -0.4 is 0 Å². The second-order valence-electron chi connectivity index (χ2n) is 15.0. The van der Waals surface area contributed by atoms with E-state index in [2.05, 4.69) is 184 Å². The Hall–Kier alpha value is -6.90. The van der Waals surface area contributed by atoms with Crippen molar-refractivity contribution in [2.24, 2.45) is 0 Å². The van der Waals surface area contributed by atoms with E-state index in [0.717, 1.165) is 28.1 Å². The van der Waals surface area contributed by atoms with Crippen molar-refractivity contribution in [3.8, 4) is 78.4 Å². The van der Waals surface area contributed by atoms with E-state index >= 15 is 0 Å². The van der Waals surface area contributed by atoms with E-state index < -0.39 is 0 Å². The van der Waals surface area contributed by atoms with Gasteiger partial charge < -0.3 is 0 Å². The summed E-state index contributed by atoms with van der Waals surface area (Å²) in [4.78, 5) is 10.1. The average Bonchev–Trinajstić information content (AvgIpc) is 3.49. The van der Waals surface area contributed by atoms with Crippen molar-refractivity contribution >= 4 is 10.8 Å². The summed E-state index contributed by atoms with van der Waals surface area (Å²) in [6, 6.07) is 69.6. The Labute approximate surface area is 322 Å². The van der Waals surface area contributed by atoms with Crippen LogP contribution in [-0.4, -0.2) is 9.97 Å². The van der Waals surface area contributed by atoms with Crippen LogP contribution in [0, 0.1) is 0 Å². The molecule has 8 aromatic carbocycles. The summed E-state index contributed by atoms with van der Waals surface area (Å²) in [5.41, 5.74) is 17.5. The van der Waals surface area contributed by atoms with Crippen molar-refractivity contribution in [2.45, 2.75) is 19.3 Å². The van der Waals surface area contributed by atoms with Crippen molar-refractivity contribution in [2.75, 3.05) is 0 Å². The Morgan fingerprint density at radius 2 is 0.836 bits per heavy atom. The molecule has 0 unspecified atom stereocenters. The number of rotatable bonds is 6. The van der Waals surface area contributed by atoms with Gasteiger partial charge >= 0.3 is 0 Å². The molecule has 260 valence electrons. The molecule has 55 heavy (non-hydrogen) atoms. The highest BCUT2D eigenvalue weighted by Gasteiger charge is 2.36. The van der Waals surface area contributed by atoms with Crippen molar-refractivity contribution in [1.82, 2.24) is 9.97 Å². The zero-order valence-corrected chi connectivity index (χ0v) is 30.9. The topological polar surface area (TPSA) is 25.8 Å². The third-order valence-electron chi connectivity index (χ3n) is 11.3. The Kier molecular flexibility index (Phi) is 7.85. The van der Waals surface area contributed by atoms with E-state index in [4.69, 9.17) is 9.97 Å². The molecule has 9 aromatic rings. The van der Waals surface area contributed by atoms with Gasteiger partial charge in [0.15, 0.2) is 5.82 Å². The number of hydrogen-bond donors (Lipinski definition) is 0. The minimum Gasteiger partial charge on any atom is -0.228 e. The van der Waals surface area contributed by atoms with Gasteiger partial charge in [0.2, 0.25) is 0 Å². The monoisotopic (exact) mass is 702 g/mol. The van der Waals surface area contributed by atoms with Gasteiger partial charge in [-0.2, -0.15) is 0 Å². The van der Waals surface area contributed by atoms with E-state index in [9.17, 15) is 0 Å². The standard InChI is InChI=1S/C53H38N2/c1-53(2)47-31-29-38-14-9-10-19-45(38)51(47)46-30-28-44(33-48(46)53)43-18-11-17-42(32-43)37-22-26-40(27-23-37)50-34-49(54-52(55-50)41-15-7-4-8-16-41)39-24-20-36(21-25-39)35-12-5-3-6-13-35/h3-34H,1-2H3. The van der Waals surface area contributed by atoms with Crippen molar-refractivity contribution in [3.63, 3.8) is 0 Å². The Morgan fingerprint density at radius 3 is 1.51 bits per heavy atom. The molecular weight excluding hydrogens is 665 g/mol. The fourth-order valence-corrected chi connectivity index (χ4v) is 8.32. The molecule has 1 aliphatic rings. The number of hydrogen-bond acceptors (Lipinski definition) is 2. The summed E-state index contributed by atoms with van der Waals surface area (Å²) in [5, 5.41) is 2.62. The molecule has 10 rings (SSSR count). The largest absolute Gasteiger partial charge is 0.228 e. The highest BCUT2D eigenvalue weighted by atomic mass is 14.9. The van der Waals surface area contributed by atoms with Crippen LogP contribution in [-0.2, 0) is 5.41 Å². The van der Waals surface area contributed by atoms with Crippen molar-refractivity contribution in [1.29, 1.82) is 0 Å². The third-order valence-corrected chi connectivity index (χ3v) is 11.3. The lowest BCUT2D eigenvalue weighted by Gasteiger charge is -2.22. The minimum absolute atomic E-state index is 0.0784. The molecule has 0 saturated heterocycles. The normalized spacial score (nSPS) is 12.7. The summed E-state index contributed by atoms with van der Waals surface area (Å²) < 4.78 is 0. The van der Waals surface area contributed by atoms with Gasteiger partial charge in [0, 0.05) is 22.1 Å². The van der Waals surface area contributed by atoms with Gasteiger partial charge in [0.25, 0.3) is 0 Å². The van der Waals surface area contributed by atoms with Crippen LogP contribution in [0.25, 0.3) is 89.2 Å². The Morgan fingerprint density at radius 1 is 0.345 bits per heavy atom. The second kappa shape index (κ2) is 13.2. The number of fused-ring (bicyclic) bond motifs is 5. The van der Waals surface area contributed by atoms with E-state index in [1.54, 1.807) is 0 Å². The average molecular weight is 703 g/mol. The maximum atomic E-state index is 5.08. The molecule has 1 heterocycles. The van der Waals surface area contributed by atoms with Crippen LogP contribution in [0.5, 0.6) is 0 Å². The van der Waals surface area contributed by atoms with E-state index in [0.29, 0.717) is 5.82 Å². The molecule has 2 heteroatoms. The molecule has 0 N–H and O–H groups in total. The molecule has 0 spiro atoms. The minimum atomic E-state index is -0.0784. The number of aromatic nitrogens is 2. The van der Waals surface area contributed by atoms with Crippen LogP contribution >= 0.6 is 0 Å². The van der Waals surface area contributed by atoms with Gasteiger partial charge in [-0.15, -0.1) is 0 Å². The van der Waals surface area contributed by atoms with E-state index in [1.165, 1.54) is 66.4 Å². The molecule has 0 aliphatic heterocycles. The van der Waals surface area contributed by atoms with Gasteiger partial charge in [0.1, 0.15) is 0 Å². The smallest absolute Gasteiger partial charge is 0.160 e. The lowest BCUT2D eigenvalue weighted by atomic mass is 9.81. The summed E-state index contributed by atoms with van der Waals surface area (Å²) >= 11 is 0. The van der Waals surface area contributed by atoms with Crippen LogP contribution in [0.4, 0.5) is 0 Å². The van der Waals surface area contributed by atoms with Crippen LogP contribution in [0.15, 0.2) is 194 Å². The molecule has 0 saturated carbocycles. The zero-order valence-electron chi connectivity index (χ0n) is 30.9. The van der Waals surface area contributed by atoms with Gasteiger partial charge in [-0.1, -0.05) is 190 Å². The second-order valence-corrected chi connectivity index (χ2v) is 15.0. The van der Waals surface area contributed by atoms with Gasteiger partial charge in [-0.05, 0) is 84.6 Å². The predicted molar refractivity (Wildman–Crippen MR) is 230 cm³/mol. The lowest BCUT2D eigenvalue weighted by molar-refractivity contribution is 0.661. The lowest BCUT2D eigenvalue weighted by Crippen LogP contribution is -2.15. The zero-order chi connectivity index (χ0) is 36.9. The van der Waals surface area contributed by atoms with Crippen molar-refractivity contribution < 1.29 is 0 Å². The summed E-state index contributed by atoms with van der Waals surface area (Å²) in [7, 11) is 0. The molecule has 0 fully saturated rings. The first-order chi connectivity index (χ1) is 27.0. The maximum Gasteiger partial charge on any atom is 0.160 e. The molecule has 1 aliphatic carbocycles. The predicted octanol–water partition coefficient (Wildman–Crippen LogP) is 13.9. The van der Waals surface area contributed by atoms with Gasteiger partial charge in [0.05, 0.1) is 11.4 Å². The first-order valence-electron chi connectivity index (χ1n) is 19.0. The maximum absolute atomic E-state index is 5.08. The third kappa shape index (κ3) is 5.84. The summed E-state index contributed by atoms with van der Waals surface area (Å²) in [5.74, 6) is 0.714. The van der Waals surface area contributed by atoms with E-state index in [1.807, 2.05) is 24.3 Å². The van der Waals surface area contributed by atoms with E-state index in [-0.39, 0.29) is 5.41 Å². The first kappa shape index (κ1) is 32.7. The van der Waals surface area contributed by atoms with Crippen molar-refractivity contribution in [3.05, 3.63) is 205 Å². The highest BCUT2D eigenvalue weighted by Crippen LogP contribution is 2.52. The molecule has 0 amide bonds. The molecule has 0 atom stereocenters. The molecule has 1 aromatic heterocycles. The molecule has 0 radical (unpaired) electrons. The molecular formula is C53H38N2. The first-order valence-corrected chi connectivity index (χ1v) is 19.0. The van der Waals surface area contributed by atoms with Gasteiger partial charge in [-0.3, -0.25) is 0 Å². The van der Waals surface area contributed by atoms with Crippen LogP contribution in [0.3, 0.4) is 0 Å². The molecule has 0 bridgehead atoms. The highest BCUT2D eigenvalue weighted by molar-refractivity contribution is 6.02. The quantitative estimate of drug-likeness (QED) is 0.172. The fourth-order valence-electron chi connectivity index (χ4n) is 8.32. The molecule has 2 nitrogen and oxygen atoms in total. The summed E-state index contributed by atoms with van der Waals surface area (Å²) in [6.07, 6.45) is 0. The van der Waals surface area contributed by atoms with Crippen LogP contribution in [0.1, 0.15) is 25.0 Å². The Bertz CT molecular complexity index is 2850. The number of benzene rings is 8. The van der Waals surface area contributed by atoms with Crippen LogP contribution in [0.2, 0.25) is 0 Å².